The molecule has 0 atom stereocenters. The Bertz CT molecular complexity index is 833. The van der Waals surface area contributed by atoms with Crippen molar-refractivity contribution in [1.82, 2.24) is 10.2 Å². The average Bonchev–Trinajstić information content (AvgIpc) is 2.86. The maximum absolute atomic E-state index is 12.4. The molecule has 0 bridgehead atoms. The van der Waals surface area contributed by atoms with Crippen molar-refractivity contribution < 1.29 is 4.79 Å². The highest BCUT2D eigenvalue weighted by atomic mass is 16.1. The molecule has 0 aliphatic rings. The van der Waals surface area contributed by atoms with Gasteiger partial charge < -0.3 is 5.32 Å². The zero-order valence-electron chi connectivity index (χ0n) is 12.3. The van der Waals surface area contributed by atoms with Crippen molar-refractivity contribution in [2.45, 2.75) is 20.8 Å². The monoisotopic (exact) mass is 279 g/mol. The van der Waals surface area contributed by atoms with Crippen molar-refractivity contribution in [3.8, 4) is 0 Å². The minimum atomic E-state index is -0.199. The lowest BCUT2D eigenvalue weighted by molar-refractivity contribution is 0.102. The summed E-state index contributed by atoms with van der Waals surface area (Å²) in [5.74, 6) is -0.199. The van der Waals surface area contributed by atoms with Crippen LogP contribution in [0, 0.1) is 20.8 Å². The summed E-state index contributed by atoms with van der Waals surface area (Å²) in [6.45, 7) is 6.07. The highest BCUT2D eigenvalue weighted by molar-refractivity contribution is 6.11. The topological polar surface area (TPSA) is 57.8 Å². The van der Waals surface area contributed by atoms with Crippen LogP contribution in [0.15, 0.2) is 36.4 Å². The zero-order chi connectivity index (χ0) is 15.0. The molecule has 4 heteroatoms. The smallest absolute Gasteiger partial charge is 0.276 e. The maximum Gasteiger partial charge on any atom is 0.276 e. The Hall–Kier alpha value is -2.62. The van der Waals surface area contributed by atoms with Gasteiger partial charge in [-0.2, -0.15) is 5.10 Å². The van der Waals surface area contributed by atoms with E-state index in [4.69, 9.17) is 0 Å². The first-order valence-corrected chi connectivity index (χ1v) is 6.88. The fourth-order valence-corrected chi connectivity index (χ4v) is 2.31. The largest absolute Gasteiger partial charge is 0.321 e. The zero-order valence-corrected chi connectivity index (χ0v) is 12.3. The SMILES string of the molecule is Cc1ccc2[nH]nc(C(=O)Nc3ccc(C)c(C)c3)c2c1. The average molecular weight is 279 g/mol. The van der Waals surface area contributed by atoms with Crippen LogP contribution in [0.1, 0.15) is 27.2 Å². The molecule has 2 N–H and O–H groups in total. The molecule has 1 heterocycles. The molecule has 0 saturated heterocycles. The minimum absolute atomic E-state index is 0.199. The van der Waals surface area contributed by atoms with E-state index in [0.29, 0.717) is 5.69 Å². The third-order valence-corrected chi connectivity index (χ3v) is 3.70. The fraction of sp³-hybridized carbons (Fsp3) is 0.176. The van der Waals surface area contributed by atoms with Crippen molar-refractivity contribution in [3.63, 3.8) is 0 Å². The van der Waals surface area contributed by atoms with E-state index < -0.39 is 0 Å². The second-order valence-electron chi connectivity index (χ2n) is 5.37. The lowest BCUT2D eigenvalue weighted by Gasteiger charge is -2.06. The number of aromatic nitrogens is 2. The van der Waals surface area contributed by atoms with Crippen LogP contribution in [-0.4, -0.2) is 16.1 Å². The van der Waals surface area contributed by atoms with Gasteiger partial charge in [-0.1, -0.05) is 17.7 Å². The van der Waals surface area contributed by atoms with Gasteiger partial charge in [0.15, 0.2) is 5.69 Å². The number of benzene rings is 2. The summed E-state index contributed by atoms with van der Waals surface area (Å²) in [5.41, 5.74) is 5.53. The van der Waals surface area contributed by atoms with Gasteiger partial charge in [0, 0.05) is 11.1 Å². The number of nitrogens with one attached hydrogen (secondary N) is 2. The number of aromatic amines is 1. The van der Waals surface area contributed by atoms with Crippen LogP contribution in [0.4, 0.5) is 5.69 Å². The molecule has 0 aliphatic heterocycles. The first kappa shape index (κ1) is 13.4. The summed E-state index contributed by atoms with van der Waals surface area (Å²) in [6, 6.07) is 11.8. The molecule has 3 aromatic rings. The van der Waals surface area contributed by atoms with Crippen LogP contribution < -0.4 is 5.32 Å². The number of fused-ring (bicyclic) bond motifs is 1. The van der Waals surface area contributed by atoms with Crippen LogP contribution in [-0.2, 0) is 0 Å². The number of carbonyl (C=O) groups is 1. The van der Waals surface area contributed by atoms with Crippen molar-refractivity contribution in [1.29, 1.82) is 0 Å². The van der Waals surface area contributed by atoms with E-state index in [-0.39, 0.29) is 5.91 Å². The molecule has 0 aliphatic carbocycles. The highest BCUT2D eigenvalue weighted by Crippen LogP contribution is 2.20. The fourth-order valence-electron chi connectivity index (χ4n) is 2.31. The van der Waals surface area contributed by atoms with Crippen LogP contribution in [0.5, 0.6) is 0 Å². The number of hydrogen-bond acceptors (Lipinski definition) is 2. The van der Waals surface area contributed by atoms with E-state index in [9.17, 15) is 4.79 Å². The van der Waals surface area contributed by atoms with Gasteiger partial charge in [0.1, 0.15) is 0 Å². The van der Waals surface area contributed by atoms with Gasteiger partial charge in [-0.3, -0.25) is 9.89 Å². The minimum Gasteiger partial charge on any atom is -0.321 e. The number of amides is 1. The molecule has 3 rings (SSSR count). The Morgan fingerprint density at radius 2 is 1.86 bits per heavy atom. The molecule has 0 fully saturated rings. The first-order valence-electron chi connectivity index (χ1n) is 6.88. The van der Waals surface area contributed by atoms with E-state index in [0.717, 1.165) is 27.7 Å². The normalized spacial score (nSPS) is 10.8. The lowest BCUT2D eigenvalue weighted by Crippen LogP contribution is -2.13. The van der Waals surface area contributed by atoms with E-state index in [2.05, 4.69) is 15.5 Å². The molecule has 106 valence electrons. The molecule has 21 heavy (non-hydrogen) atoms. The maximum atomic E-state index is 12.4. The van der Waals surface area contributed by atoms with Crippen molar-refractivity contribution in [3.05, 3.63) is 58.8 Å². The predicted octanol–water partition coefficient (Wildman–Crippen LogP) is 3.74. The molecule has 2 aromatic carbocycles. The van der Waals surface area contributed by atoms with E-state index >= 15 is 0 Å². The Kier molecular flexibility index (Phi) is 3.22. The van der Waals surface area contributed by atoms with Gasteiger partial charge in [-0.25, -0.2) is 0 Å². The second kappa shape index (κ2) is 5.05. The molecular weight excluding hydrogens is 262 g/mol. The van der Waals surface area contributed by atoms with Crippen molar-refractivity contribution >= 4 is 22.5 Å². The third-order valence-electron chi connectivity index (χ3n) is 3.70. The summed E-state index contributed by atoms with van der Waals surface area (Å²) in [6.07, 6.45) is 0. The summed E-state index contributed by atoms with van der Waals surface area (Å²) in [7, 11) is 0. The Balaban J connectivity index is 1.93. The number of anilines is 1. The van der Waals surface area contributed by atoms with Gasteiger partial charge in [-0.15, -0.1) is 0 Å². The van der Waals surface area contributed by atoms with Gasteiger partial charge in [-0.05, 0) is 56.2 Å². The van der Waals surface area contributed by atoms with Gasteiger partial charge >= 0.3 is 0 Å². The third kappa shape index (κ3) is 2.52. The molecule has 1 aromatic heterocycles. The van der Waals surface area contributed by atoms with Gasteiger partial charge in [0.25, 0.3) is 5.91 Å². The molecule has 0 radical (unpaired) electrons. The molecule has 1 amide bonds. The second-order valence-corrected chi connectivity index (χ2v) is 5.37. The van der Waals surface area contributed by atoms with Crippen LogP contribution in [0.2, 0.25) is 0 Å². The van der Waals surface area contributed by atoms with Crippen LogP contribution >= 0.6 is 0 Å². The Labute approximate surface area is 123 Å². The predicted molar refractivity (Wildman–Crippen MR) is 84.7 cm³/mol. The summed E-state index contributed by atoms with van der Waals surface area (Å²) >= 11 is 0. The molecule has 4 nitrogen and oxygen atoms in total. The van der Waals surface area contributed by atoms with Crippen LogP contribution in [0.25, 0.3) is 10.9 Å². The number of carbonyl (C=O) groups excluding carboxylic acids is 1. The van der Waals surface area contributed by atoms with E-state index in [1.165, 1.54) is 5.56 Å². The number of nitrogens with zero attached hydrogens (tertiary/aromatic N) is 1. The number of aryl methyl sites for hydroxylation is 3. The summed E-state index contributed by atoms with van der Waals surface area (Å²) < 4.78 is 0. The van der Waals surface area contributed by atoms with Crippen LogP contribution in [0.3, 0.4) is 0 Å². The summed E-state index contributed by atoms with van der Waals surface area (Å²) in [5, 5.41) is 10.8. The van der Waals surface area contributed by atoms with Crippen molar-refractivity contribution in [2.75, 3.05) is 5.32 Å². The van der Waals surface area contributed by atoms with Gasteiger partial charge in [0.2, 0.25) is 0 Å². The van der Waals surface area contributed by atoms with E-state index in [1.54, 1.807) is 0 Å². The Morgan fingerprint density at radius 3 is 2.62 bits per heavy atom. The van der Waals surface area contributed by atoms with E-state index in [1.807, 2.05) is 57.2 Å². The lowest BCUT2D eigenvalue weighted by atomic mass is 10.1. The highest BCUT2D eigenvalue weighted by Gasteiger charge is 2.14. The first-order chi connectivity index (χ1) is 10.0. The van der Waals surface area contributed by atoms with Gasteiger partial charge in [0.05, 0.1) is 5.52 Å². The molecular formula is C17H17N3O. The Morgan fingerprint density at radius 1 is 1.05 bits per heavy atom. The number of H-pyrrole nitrogens is 1. The molecule has 0 unspecified atom stereocenters. The number of rotatable bonds is 2. The summed E-state index contributed by atoms with van der Waals surface area (Å²) in [4.78, 5) is 12.4. The van der Waals surface area contributed by atoms with Crippen molar-refractivity contribution in [2.24, 2.45) is 0 Å². The molecule has 0 saturated carbocycles. The number of hydrogen-bond donors (Lipinski definition) is 2. The quantitative estimate of drug-likeness (QED) is 0.750. The molecule has 0 spiro atoms. The standard InChI is InChI=1S/C17H17N3O/c1-10-4-7-15-14(8-10)16(20-19-15)17(21)18-13-6-5-11(2)12(3)9-13/h4-9H,1-3H3,(H,18,21)(H,19,20).